The third kappa shape index (κ3) is 3.37. The quantitative estimate of drug-likeness (QED) is 0.887. The predicted molar refractivity (Wildman–Crippen MR) is 91.5 cm³/mol. The van der Waals surface area contributed by atoms with Crippen LogP contribution in [0, 0.1) is 18.8 Å². The van der Waals surface area contributed by atoms with E-state index in [1.54, 1.807) is 0 Å². The lowest BCUT2D eigenvalue weighted by Gasteiger charge is -2.45. The van der Waals surface area contributed by atoms with Gasteiger partial charge in [-0.05, 0) is 52.4 Å². The van der Waals surface area contributed by atoms with Crippen molar-refractivity contribution in [3.05, 3.63) is 28.2 Å². The fraction of sp³-hybridized carbons (Fsp3) is 0.647. The van der Waals surface area contributed by atoms with E-state index in [4.69, 9.17) is 0 Å². The first-order valence-corrected chi connectivity index (χ1v) is 8.45. The summed E-state index contributed by atoms with van der Waals surface area (Å²) in [5.41, 5.74) is 2.64. The highest BCUT2D eigenvalue weighted by Gasteiger charge is 2.31. The molecule has 112 valence electrons. The number of anilines is 1. The average molecular weight is 339 g/mol. The molecule has 1 N–H and O–H groups in total. The topological polar surface area (TPSA) is 15.3 Å². The van der Waals surface area contributed by atoms with Gasteiger partial charge in [-0.3, -0.25) is 0 Å². The molecule has 1 saturated heterocycles. The Morgan fingerprint density at radius 3 is 2.45 bits per heavy atom. The van der Waals surface area contributed by atoms with Gasteiger partial charge in [0.2, 0.25) is 0 Å². The van der Waals surface area contributed by atoms with Crippen molar-refractivity contribution in [2.75, 3.05) is 18.0 Å². The van der Waals surface area contributed by atoms with Crippen molar-refractivity contribution < 1.29 is 0 Å². The Balaban J connectivity index is 2.31. The summed E-state index contributed by atoms with van der Waals surface area (Å²) in [5.74, 6) is 1.30. The summed E-state index contributed by atoms with van der Waals surface area (Å²) >= 11 is 3.75. The lowest BCUT2D eigenvalue weighted by atomic mass is 9.93. The second kappa shape index (κ2) is 6.48. The number of nitrogens with one attached hydrogen (secondary N) is 1. The zero-order valence-electron chi connectivity index (χ0n) is 13.3. The second-order valence-corrected chi connectivity index (χ2v) is 7.53. The van der Waals surface area contributed by atoms with Crippen LogP contribution in [0.3, 0.4) is 0 Å². The van der Waals surface area contributed by atoms with Crippen molar-refractivity contribution in [2.45, 2.75) is 46.7 Å². The van der Waals surface area contributed by atoms with Gasteiger partial charge in [-0.15, -0.1) is 0 Å². The largest absolute Gasteiger partial charge is 0.365 e. The lowest BCUT2D eigenvalue weighted by Crippen LogP contribution is -2.60. The van der Waals surface area contributed by atoms with E-state index in [2.05, 4.69) is 79.0 Å². The fourth-order valence-electron chi connectivity index (χ4n) is 2.96. The van der Waals surface area contributed by atoms with E-state index in [9.17, 15) is 0 Å². The molecule has 2 unspecified atom stereocenters. The summed E-state index contributed by atoms with van der Waals surface area (Å²) in [5, 5.41) is 3.72. The summed E-state index contributed by atoms with van der Waals surface area (Å²) in [7, 11) is 0. The SMILES string of the molecule is Cc1ccc(N2CC(C(C)C)NCC2C(C)C)c(Br)c1. The van der Waals surface area contributed by atoms with Crippen LogP contribution in [0.15, 0.2) is 22.7 Å². The number of piperazine rings is 1. The van der Waals surface area contributed by atoms with Gasteiger partial charge in [-0.2, -0.15) is 0 Å². The molecule has 0 aromatic heterocycles. The zero-order valence-corrected chi connectivity index (χ0v) is 14.9. The minimum absolute atomic E-state index is 0.559. The van der Waals surface area contributed by atoms with Gasteiger partial charge in [-0.25, -0.2) is 0 Å². The van der Waals surface area contributed by atoms with Gasteiger partial charge in [0.1, 0.15) is 0 Å². The molecule has 0 aliphatic carbocycles. The summed E-state index contributed by atoms with van der Waals surface area (Å²) < 4.78 is 1.22. The molecule has 3 heteroatoms. The number of hydrogen-bond acceptors (Lipinski definition) is 2. The van der Waals surface area contributed by atoms with Crippen molar-refractivity contribution >= 4 is 21.6 Å². The number of aryl methyl sites for hydroxylation is 1. The molecule has 0 saturated carbocycles. The number of nitrogens with zero attached hydrogens (tertiary/aromatic N) is 1. The number of benzene rings is 1. The highest BCUT2D eigenvalue weighted by molar-refractivity contribution is 9.10. The molecule has 0 bridgehead atoms. The second-order valence-electron chi connectivity index (χ2n) is 6.68. The third-order valence-electron chi connectivity index (χ3n) is 4.37. The monoisotopic (exact) mass is 338 g/mol. The number of hydrogen-bond donors (Lipinski definition) is 1. The Kier molecular flexibility index (Phi) is 5.14. The minimum Gasteiger partial charge on any atom is -0.365 e. The molecule has 1 heterocycles. The van der Waals surface area contributed by atoms with Crippen molar-refractivity contribution in [3.8, 4) is 0 Å². The van der Waals surface area contributed by atoms with Crippen LogP contribution >= 0.6 is 15.9 Å². The smallest absolute Gasteiger partial charge is 0.0514 e. The molecule has 0 spiro atoms. The van der Waals surface area contributed by atoms with Gasteiger partial charge < -0.3 is 10.2 Å². The van der Waals surface area contributed by atoms with Crippen molar-refractivity contribution in [1.82, 2.24) is 5.32 Å². The fourth-order valence-corrected chi connectivity index (χ4v) is 3.68. The van der Waals surface area contributed by atoms with E-state index >= 15 is 0 Å². The van der Waals surface area contributed by atoms with E-state index < -0.39 is 0 Å². The van der Waals surface area contributed by atoms with Gasteiger partial charge >= 0.3 is 0 Å². The van der Waals surface area contributed by atoms with Crippen LogP contribution in [-0.2, 0) is 0 Å². The van der Waals surface area contributed by atoms with Crippen molar-refractivity contribution in [2.24, 2.45) is 11.8 Å². The average Bonchev–Trinajstić information content (AvgIpc) is 2.37. The van der Waals surface area contributed by atoms with Crippen molar-refractivity contribution in [1.29, 1.82) is 0 Å². The molecule has 1 aliphatic rings. The standard InChI is InChI=1S/C17H27BrN2/c1-11(2)15-10-20(17(9-19-15)12(3)4)16-7-6-13(5)8-14(16)18/h6-8,11-12,15,17,19H,9-10H2,1-5H3. The number of halogens is 1. The van der Waals surface area contributed by atoms with Gasteiger partial charge in [0, 0.05) is 29.6 Å². The molecular formula is C17H27BrN2. The Labute approximate surface area is 132 Å². The van der Waals surface area contributed by atoms with Crippen LogP contribution in [0.25, 0.3) is 0 Å². The molecule has 1 fully saturated rings. The van der Waals surface area contributed by atoms with E-state index in [1.165, 1.54) is 15.7 Å². The first-order chi connectivity index (χ1) is 9.40. The van der Waals surface area contributed by atoms with E-state index in [-0.39, 0.29) is 0 Å². The Morgan fingerprint density at radius 2 is 1.90 bits per heavy atom. The summed E-state index contributed by atoms with van der Waals surface area (Å²) in [6, 6.07) is 7.82. The molecule has 1 aromatic carbocycles. The van der Waals surface area contributed by atoms with Gasteiger partial charge in [0.05, 0.1) is 5.69 Å². The molecule has 1 aromatic rings. The maximum absolute atomic E-state index is 3.75. The third-order valence-corrected chi connectivity index (χ3v) is 5.00. The van der Waals surface area contributed by atoms with E-state index in [1.807, 2.05) is 0 Å². The molecule has 0 amide bonds. The van der Waals surface area contributed by atoms with Crippen molar-refractivity contribution in [3.63, 3.8) is 0 Å². The highest BCUT2D eigenvalue weighted by Crippen LogP contribution is 2.32. The van der Waals surface area contributed by atoms with E-state index in [0.29, 0.717) is 23.9 Å². The normalized spacial score (nSPS) is 23.7. The van der Waals surface area contributed by atoms with Crippen LogP contribution in [0.2, 0.25) is 0 Å². The summed E-state index contributed by atoms with van der Waals surface area (Å²) in [4.78, 5) is 2.59. The highest BCUT2D eigenvalue weighted by atomic mass is 79.9. The first-order valence-electron chi connectivity index (χ1n) is 7.66. The summed E-state index contributed by atoms with van der Waals surface area (Å²) in [6.45, 7) is 13.5. The maximum Gasteiger partial charge on any atom is 0.0514 e. The van der Waals surface area contributed by atoms with Crippen LogP contribution in [-0.4, -0.2) is 25.2 Å². The molecular weight excluding hydrogens is 312 g/mol. The minimum atomic E-state index is 0.559. The first kappa shape index (κ1) is 15.8. The maximum atomic E-state index is 3.75. The Morgan fingerprint density at radius 1 is 1.20 bits per heavy atom. The van der Waals surface area contributed by atoms with Gasteiger partial charge in [-0.1, -0.05) is 33.8 Å². The van der Waals surface area contributed by atoms with Crippen LogP contribution in [0.4, 0.5) is 5.69 Å². The molecule has 0 radical (unpaired) electrons. The molecule has 1 aliphatic heterocycles. The summed E-state index contributed by atoms with van der Waals surface area (Å²) in [6.07, 6.45) is 0. The van der Waals surface area contributed by atoms with Gasteiger partial charge in [0.15, 0.2) is 0 Å². The Hall–Kier alpha value is -0.540. The predicted octanol–water partition coefficient (Wildman–Crippen LogP) is 4.22. The molecule has 2 rings (SSSR count). The molecule has 20 heavy (non-hydrogen) atoms. The number of rotatable bonds is 3. The molecule has 2 atom stereocenters. The van der Waals surface area contributed by atoms with Gasteiger partial charge in [0.25, 0.3) is 0 Å². The zero-order chi connectivity index (χ0) is 14.9. The van der Waals surface area contributed by atoms with Crippen LogP contribution in [0.5, 0.6) is 0 Å². The van der Waals surface area contributed by atoms with E-state index in [0.717, 1.165) is 13.1 Å². The van der Waals surface area contributed by atoms with Crippen LogP contribution in [0.1, 0.15) is 33.3 Å². The molecule has 2 nitrogen and oxygen atoms in total. The Bertz CT molecular complexity index is 456. The lowest BCUT2D eigenvalue weighted by molar-refractivity contribution is 0.295. The van der Waals surface area contributed by atoms with Crippen LogP contribution < -0.4 is 10.2 Å².